The zero-order valence-corrected chi connectivity index (χ0v) is 12.0. The van der Waals surface area contributed by atoms with Crippen LogP contribution in [0.2, 0.25) is 0 Å². The van der Waals surface area contributed by atoms with Crippen LogP contribution in [0.5, 0.6) is 5.75 Å². The molecule has 0 aliphatic carbocycles. The van der Waals surface area contributed by atoms with Crippen molar-refractivity contribution < 1.29 is 19.1 Å². The van der Waals surface area contributed by atoms with E-state index in [1.165, 1.54) is 0 Å². The first-order chi connectivity index (χ1) is 9.22. The molecule has 0 aliphatic heterocycles. The Morgan fingerprint density at radius 3 is 2.84 bits per heavy atom. The van der Waals surface area contributed by atoms with Crippen LogP contribution < -0.4 is 4.74 Å². The summed E-state index contributed by atoms with van der Waals surface area (Å²) in [5.41, 5.74) is 1.52. The maximum atomic E-state index is 9.02. The van der Waals surface area contributed by atoms with Gasteiger partial charge in [-0.15, -0.1) is 0 Å². The summed E-state index contributed by atoms with van der Waals surface area (Å²) in [7, 11) is 1.60. The predicted octanol–water partition coefficient (Wildman–Crippen LogP) is 2.65. The Hall–Kier alpha value is -1.37. The zero-order valence-electron chi connectivity index (χ0n) is 10.4. The number of hydrogen-bond donors (Lipinski definition) is 1. The molecular formula is C13H14BrNO4. The molecule has 1 aromatic heterocycles. The van der Waals surface area contributed by atoms with E-state index in [1.807, 2.05) is 6.07 Å². The van der Waals surface area contributed by atoms with E-state index < -0.39 is 0 Å². The van der Waals surface area contributed by atoms with Crippen LogP contribution in [0.3, 0.4) is 0 Å². The SMILES string of the molecule is COCc1cc(COc2ccc(CO)cc2Br)no1. The molecule has 0 amide bonds. The highest BCUT2D eigenvalue weighted by molar-refractivity contribution is 9.10. The quantitative estimate of drug-likeness (QED) is 0.883. The second-order valence-corrected chi connectivity index (χ2v) is 4.78. The summed E-state index contributed by atoms with van der Waals surface area (Å²) < 4.78 is 16.4. The predicted molar refractivity (Wildman–Crippen MR) is 71.6 cm³/mol. The van der Waals surface area contributed by atoms with E-state index in [0.29, 0.717) is 30.4 Å². The van der Waals surface area contributed by atoms with Gasteiger partial charge < -0.3 is 19.1 Å². The number of hydrogen-bond acceptors (Lipinski definition) is 5. The summed E-state index contributed by atoms with van der Waals surface area (Å²) >= 11 is 3.39. The van der Waals surface area contributed by atoms with E-state index in [-0.39, 0.29) is 6.61 Å². The lowest BCUT2D eigenvalue weighted by Gasteiger charge is -2.07. The van der Waals surface area contributed by atoms with Gasteiger partial charge in [0.1, 0.15) is 24.7 Å². The fraction of sp³-hybridized carbons (Fsp3) is 0.308. The van der Waals surface area contributed by atoms with Crippen LogP contribution in [0.1, 0.15) is 17.0 Å². The van der Waals surface area contributed by atoms with Crippen molar-refractivity contribution in [2.24, 2.45) is 0 Å². The van der Waals surface area contributed by atoms with Gasteiger partial charge in [0, 0.05) is 13.2 Å². The average molecular weight is 328 g/mol. The van der Waals surface area contributed by atoms with E-state index in [1.54, 1.807) is 25.3 Å². The molecule has 0 atom stereocenters. The number of aliphatic hydroxyl groups is 1. The summed E-state index contributed by atoms with van der Waals surface area (Å²) in [6.07, 6.45) is 0. The Morgan fingerprint density at radius 2 is 2.16 bits per heavy atom. The van der Waals surface area contributed by atoms with Crippen molar-refractivity contribution in [1.29, 1.82) is 0 Å². The highest BCUT2D eigenvalue weighted by Gasteiger charge is 2.07. The molecule has 6 heteroatoms. The third-order valence-electron chi connectivity index (χ3n) is 2.45. The van der Waals surface area contributed by atoms with Gasteiger partial charge in [-0.25, -0.2) is 0 Å². The average Bonchev–Trinajstić information content (AvgIpc) is 2.85. The minimum Gasteiger partial charge on any atom is -0.486 e. The molecule has 1 heterocycles. The number of aromatic nitrogens is 1. The number of benzene rings is 1. The monoisotopic (exact) mass is 327 g/mol. The van der Waals surface area contributed by atoms with Gasteiger partial charge >= 0.3 is 0 Å². The maximum absolute atomic E-state index is 9.02. The number of methoxy groups -OCH3 is 1. The van der Waals surface area contributed by atoms with Crippen LogP contribution >= 0.6 is 15.9 Å². The summed E-state index contributed by atoms with van der Waals surface area (Å²) in [4.78, 5) is 0. The van der Waals surface area contributed by atoms with E-state index in [0.717, 1.165) is 10.0 Å². The Labute approximate surface area is 119 Å². The molecular weight excluding hydrogens is 314 g/mol. The van der Waals surface area contributed by atoms with E-state index in [2.05, 4.69) is 21.1 Å². The summed E-state index contributed by atoms with van der Waals surface area (Å²) in [6.45, 7) is 0.703. The molecule has 0 unspecified atom stereocenters. The molecule has 2 rings (SSSR count). The van der Waals surface area contributed by atoms with E-state index in [4.69, 9.17) is 19.1 Å². The van der Waals surface area contributed by atoms with E-state index in [9.17, 15) is 0 Å². The Morgan fingerprint density at radius 1 is 1.32 bits per heavy atom. The molecule has 0 bridgehead atoms. The number of rotatable bonds is 6. The van der Waals surface area contributed by atoms with E-state index >= 15 is 0 Å². The van der Waals surface area contributed by atoms with Gasteiger partial charge in [-0.1, -0.05) is 11.2 Å². The Kier molecular flexibility index (Phi) is 4.95. The molecule has 5 nitrogen and oxygen atoms in total. The topological polar surface area (TPSA) is 64.7 Å². The number of ether oxygens (including phenoxy) is 2. The van der Waals surface area contributed by atoms with Gasteiger partial charge in [0.05, 0.1) is 11.1 Å². The standard InChI is InChI=1S/C13H14BrNO4/c1-17-8-11-5-10(15-19-11)7-18-13-3-2-9(6-16)4-12(13)14/h2-5,16H,6-8H2,1H3. The number of aliphatic hydroxyl groups excluding tert-OH is 1. The first kappa shape index (κ1) is 14.0. The normalized spacial score (nSPS) is 10.7. The van der Waals surface area contributed by atoms with Crippen molar-refractivity contribution >= 4 is 15.9 Å². The molecule has 2 aromatic rings. The van der Waals surface area contributed by atoms with Crippen LogP contribution in [0.4, 0.5) is 0 Å². The number of halogens is 1. The van der Waals surface area contributed by atoms with Gasteiger partial charge in [-0.3, -0.25) is 0 Å². The number of nitrogens with zero attached hydrogens (tertiary/aromatic N) is 1. The largest absolute Gasteiger partial charge is 0.486 e. The summed E-state index contributed by atoms with van der Waals surface area (Å²) in [5.74, 6) is 1.35. The second-order valence-electron chi connectivity index (χ2n) is 3.93. The van der Waals surface area contributed by atoms with Crippen molar-refractivity contribution in [3.05, 3.63) is 45.8 Å². The first-order valence-electron chi connectivity index (χ1n) is 5.68. The smallest absolute Gasteiger partial charge is 0.162 e. The molecule has 0 spiro atoms. The van der Waals surface area contributed by atoms with Crippen LogP contribution in [-0.4, -0.2) is 17.4 Å². The Bertz CT molecular complexity index is 541. The van der Waals surface area contributed by atoms with Crippen molar-refractivity contribution in [1.82, 2.24) is 5.16 Å². The third kappa shape index (κ3) is 3.79. The lowest BCUT2D eigenvalue weighted by Crippen LogP contribution is -1.96. The lowest BCUT2D eigenvalue weighted by atomic mass is 10.2. The van der Waals surface area contributed by atoms with Gasteiger partial charge in [-0.05, 0) is 33.6 Å². The van der Waals surface area contributed by atoms with Crippen molar-refractivity contribution in [2.75, 3.05) is 7.11 Å². The maximum Gasteiger partial charge on any atom is 0.162 e. The second kappa shape index (κ2) is 6.70. The first-order valence-corrected chi connectivity index (χ1v) is 6.47. The molecule has 0 saturated carbocycles. The van der Waals surface area contributed by atoms with Gasteiger partial charge in [0.15, 0.2) is 5.76 Å². The Balaban J connectivity index is 1.97. The van der Waals surface area contributed by atoms with Gasteiger partial charge in [0.2, 0.25) is 0 Å². The van der Waals surface area contributed by atoms with Crippen LogP contribution in [-0.2, 0) is 24.6 Å². The minimum atomic E-state index is 0.00252. The molecule has 0 fully saturated rings. The zero-order chi connectivity index (χ0) is 13.7. The lowest BCUT2D eigenvalue weighted by molar-refractivity contribution is 0.155. The van der Waals surface area contributed by atoms with Crippen molar-refractivity contribution in [3.8, 4) is 5.75 Å². The minimum absolute atomic E-state index is 0.00252. The molecule has 0 radical (unpaired) electrons. The molecule has 0 aliphatic rings. The van der Waals surface area contributed by atoms with Gasteiger partial charge in [-0.2, -0.15) is 0 Å². The summed E-state index contributed by atoms with van der Waals surface area (Å²) in [6, 6.07) is 7.21. The molecule has 19 heavy (non-hydrogen) atoms. The van der Waals surface area contributed by atoms with Crippen LogP contribution in [0.15, 0.2) is 33.3 Å². The fourth-order valence-electron chi connectivity index (χ4n) is 1.55. The molecule has 1 N–H and O–H groups in total. The molecule has 0 saturated heterocycles. The van der Waals surface area contributed by atoms with Crippen molar-refractivity contribution in [2.45, 2.75) is 19.8 Å². The highest BCUT2D eigenvalue weighted by atomic mass is 79.9. The van der Waals surface area contributed by atoms with Gasteiger partial charge in [0.25, 0.3) is 0 Å². The fourth-order valence-corrected chi connectivity index (χ4v) is 2.09. The van der Waals surface area contributed by atoms with Crippen molar-refractivity contribution in [3.63, 3.8) is 0 Å². The van der Waals surface area contributed by atoms with Crippen LogP contribution in [0.25, 0.3) is 0 Å². The van der Waals surface area contributed by atoms with Crippen LogP contribution in [0, 0.1) is 0 Å². The third-order valence-corrected chi connectivity index (χ3v) is 3.07. The molecule has 102 valence electrons. The highest BCUT2D eigenvalue weighted by Crippen LogP contribution is 2.26. The summed E-state index contributed by atoms with van der Waals surface area (Å²) in [5, 5.41) is 12.9. The molecule has 1 aromatic carbocycles.